The fraction of sp³-hybridized carbons (Fsp3) is 0.211. The smallest absolute Gasteiger partial charge is 0.262 e. The lowest BCUT2D eigenvalue weighted by atomic mass is 10.2. The van der Waals surface area contributed by atoms with E-state index in [2.05, 4.69) is 25.5 Å². The second-order valence-electron chi connectivity index (χ2n) is 6.62. The predicted octanol–water partition coefficient (Wildman–Crippen LogP) is 3.01. The van der Waals surface area contributed by atoms with Gasteiger partial charge in [0.2, 0.25) is 11.9 Å². The van der Waals surface area contributed by atoms with Crippen LogP contribution in [0, 0.1) is 0 Å². The minimum Gasteiger partial charge on any atom is -0.292 e. The van der Waals surface area contributed by atoms with E-state index in [4.69, 9.17) is 0 Å². The van der Waals surface area contributed by atoms with Crippen molar-refractivity contribution in [2.24, 2.45) is 0 Å². The molecule has 0 aliphatic carbocycles. The molecule has 0 atom stereocenters. The SMILES string of the molecule is CC(C)c1nc(NC(=O)Cn2cnc3sc(-c4ccccc4)cc3c2=O)n[nH]1. The van der Waals surface area contributed by atoms with Crippen molar-refractivity contribution in [2.45, 2.75) is 26.3 Å². The maximum absolute atomic E-state index is 12.8. The van der Waals surface area contributed by atoms with Crippen LogP contribution in [0.25, 0.3) is 20.7 Å². The number of anilines is 1. The van der Waals surface area contributed by atoms with Gasteiger partial charge in [0.15, 0.2) is 0 Å². The Bertz CT molecular complexity index is 1190. The molecule has 142 valence electrons. The van der Waals surface area contributed by atoms with E-state index < -0.39 is 5.91 Å². The van der Waals surface area contributed by atoms with Gasteiger partial charge in [-0.1, -0.05) is 44.2 Å². The number of thiophene rings is 1. The molecule has 4 aromatic rings. The van der Waals surface area contributed by atoms with Gasteiger partial charge in [-0.25, -0.2) is 4.98 Å². The zero-order valence-electron chi connectivity index (χ0n) is 15.3. The van der Waals surface area contributed by atoms with Crippen molar-refractivity contribution in [3.8, 4) is 10.4 Å². The van der Waals surface area contributed by atoms with Crippen LogP contribution in [0.2, 0.25) is 0 Å². The van der Waals surface area contributed by atoms with Crippen LogP contribution in [-0.4, -0.2) is 30.6 Å². The monoisotopic (exact) mass is 394 g/mol. The van der Waals surface area contributed by atoms with E-state index in [0.717, 1.165) is 10.4 Å². The number of hydrogen-bond acceptors (Lipinski definition) is 6. The highest BCUT2D eigenvalue weighted by Crippen LogP contribution is 2.30. The van der Waals surface area contributed by atoms with E-state index >= 15 is 0 Å². The first kappa shape index (κ1) is 18.1. The molecule has 2 N–H and O–H groups in total. The lowest BCUT2D eigenvalue weighted by Gasteiger charge is -2.04. The molecule has 9 heteroatoms. The number of carbonyl (C=O) groups is 1. The third-order valence-corrected chi connectivity index (χ3v) is 5.28. The summed E-state index contributed by atoms with van der Waals surface area (Å²) in [5, 5.41) is 9.83. The quantitative estimate of drug-likeness (QED) is 0.541. The van der Waals surface area contributed by atoms with Gasteiger partial charge in [-0.05, 0) is 11.6 Å². The largest absolute Gasteiger partial charge is 0.292 e. The summed E-state index contributed by atoms with van der Waals surface area (Å²) >= 11 is 1.45. The molecule has 8 nitrogen and oxygen atoms in total. The topological polar surface area (TPSA) is 106 Å². The summed E-state index contributed by atoms with van der Waals surface area (Å²) in [6.45, 7) is 3.78. The van der Waals surface area contributed by atoms with E-state index in [0.29, 0.717) is 16.0 Å². The molecule has 0 saturated carbocycles. The van der Waals surface area contributed by atoms with E-state index in [1.165, 1.54) is 22.2 Å². The predicted molar refractivity (Wildman–Crippen MR) is 108 cm³/mol. The van der Waals surface area contributed by atoms with E-state index in [9.17, 15) is 9.59 Å². The minimum atomic E-state index is -0.393. The Balaban J connectivity index is 1.56. The highest BCUT2D eigenvalue weighted by Gasteiger charge is 2.14. The number of nitrogens with zero attached hydrogens (tertiary/aromatic N) is 4. The van der Waals surface area contributed by atoms with Gasteiger partial charge >= 0.3 is 0 Å². The molecular weight excluding hydrogens is 376 g/mol. The molecular formula is C19H18N6O2S. The minimum absolute atomic E-state index is 0.163. The van der Waals surface area contributed by atoms with Gasteiger partial charge in [-0.15, -0.1) is 16.4 Å². The van der Waals surface area contributed by atoms with Crippen molar-refractivity contribution < 1.29 is 4.79 Å². The van der Waals surface area contributed by atoms with Gasteiger partial charge in [-0.2, -0.15) is 4.98 Å². The molecule has 0 fully saturated rings. The molecule has 3 heterocycles. The van der Waals surface area contributed by atoms with Crippen molar-refractivity contribution in [2.75, 3.05) is 5.32 Å². The fourth-order valence-corrected chi connectivity index (χ4v) is 3.72. The number of aromatic amines is 1. The maximum Gasteiger partial charge on any atom is 0.262 e. The zero-order chi connectivity index (χ0) is 19.7. The number of nitrogens with one attached hydrogen (secondary N) is 2. The first-order chi connectivity index (χ1) is 13.5. The van der Waals surface area contributed by atoms with Crippen LogP contribution >= 0.6 is 11.3 Å². The Morgan fingerprint density at radius 2 is 2.07 bits per heavy atom. The molecule has 1 amide bonds. The van der Waals surface area contributed by atoms with Gasteiger partial charge in [0.05, 0.1) is 11.7 Å². The third-order valence-electron chi connectivity index (χ3n) is 4.19. The van der Waals surface area contributed by atoms with Crippen LogP contribution in [0.3, 0.4) is 0 Å². The molecule has 0 spiro atoms. The molecule has 4 rings (SSSR count). The van der Waals surface area contributed by atoms with Gasteiger partial charge < -0.3 is 0 Å². The van der Waals surface area contributed by atoms with Crippen molar-refractivity contribution in [1.82, 2.24) is 24.7 Å². The van der Waals surface area contributed by atoms with Crippen LogP contribution < -0.4 is 10.9 Å². The molecule has 0 aliphatic heterocycles. The molecule has 0 radical (unpaired) electrons. The van der Waals surface area contributed by atoms with Crippen LogP contribution in [-0.2, 0) is 11.3 Å². The summed E-state index contributed by atoms with van der Waals surface area (Å²) in [4.78, 5) is 35.2. The Kier molecular flexibility index (Phi) is 4.74. The number of rotatable bonds is 5. The van der Waals surface area contributed by atoms with Crippen molar-refractivity contribution in [3.05, 3.63) is 58.9 Å². The Morgan fingerprint density at radius 3 is 2.79 bits per heavy atom. The number of fused-ring (bicyclic) bond motifs is 1. The number of aromatic nitrogens is 5. The first-order valence-electron chi connectivity index (χ1n) is 8.78. The van der Waals surface area contributed by atoms with Gasteiger partial charge in [0.25, 0.3) is 5.56 Å². The van der Waals surface area contributed by atoms with Gasteiger partial charge in [0, 0.05) is 10.8 Å². The lowest BCUT2D eigenvalue weighted by Crippen LogP contribution is -2.27. The number of H-pyrrole nitrogens is 1. The van der Waals surface area contributed by atoms with Crippen LogP contribution in [0.5, 0.6) is 0 Å². The zero-order valence-corrected chi connectivity index (χ0v) is 16.2. The van der Waals surface area contributed by atoms with Crippen LogP contribution in [0.15, 0.2) is 47.5 Å². The van der Waals surface area contributed by atoms with E-state index in [1.54, 1.807) is 0 Å². The maximum atomic E-state index is 12.8. The Hall–Kier alpha value is -3.33. The Morgan fingerprint density at radius 1 is 1.29 bits per heavy atom. The van der Waals surface area contributed by atoms with E-state index in [1.807, 2.05) is 50.2 Å². The summed E-state index contributed by atoms with van der Waals surface area (Å²) in [6.07, 6.45) is 1.40. The average Bonchev–Trinajstić information content (AvgIpc) is 3.32. The number of carbonyl (C=O) groups excluding carboxylic acids is 1. The lowest BCUT2D eigenvalue weighted by molar-refractivity contribution is -0.116. The molecule has 0 saturated heterocycles. The van der Waals surface area contributed by atoms with E-state index in [-0.39, 0.29) is 24.0 Å². The van der Waals surface area contributed by atoms with Gasteiger partial charge in [0.1, 0.15) is 17.2 Å². The summed E-state index contributed by atoms with van der Waals surface area (Å²) in [7, 11) is 0. The number of amides is 1. The van der Waals surface area contributed by atoms with Gasteiger partial charge in [-0.3, -0.25) is 24.6 Å². The normalized spacial score (nSPS) is 11.2. The summed E-state index contributed by atoms with van der Waals surface area (Å²) < 4.78 is 1.29. The highest BCUT2D eigenvalue weighted by molar-refractivity contribution is 7.21. The number of hydrogen-bond donors (Lipinski definition) is 2. The number of benzene rings is 1. The summed E-state index contributed by atoms with van der Waals surface area (Å²) in [5.41, 5.74) is 0.774. The second kappa shape index (κ2) is 7.35. The molecule has 0 unspecified atom stereocenters. The molecule has 0 bridgehead atoms. The first-order valence-corrected chi connectivity index (χ1v) is 9.59. The molecule has 3 aromatic heterocycles. The van der Waals surface area contributed by atoms with Crippen molar-refractivity contribution in [3.63, 3.8) is 0 Å². The summed E-state index contributed by atoms with van der Waals surface area (Å²) in [5.74, 6) is 0.654. The van der Waals surface area contributed by atoms with Crippen molar-refractivity contribution in [1.29, 1.82) is 0 Å². The molecule has 28 heavy (non-hydrogen) atoms. The highest BCUT2D eigenvalue weighted by atomic mass is 32.1. The summed E-state index contributed by atoms with van der Waals surface area (Å²) in [6, 6.07) is 11.6. The average molecular weight is 394 g/mol. The van der Waals surface area contributed by atoms with Crippen LogP contribution in [0.4, 0.5) is 5.95 Å². The molecule has 0 aliphatic rings. The van der Waals surface area contributed by atoms with Crippen molar-refractivity contribution >= 4 is 33.4 Å². The van der Waals surface area contributed by atoms with Crippen LogP contribution in [0.1, 0.15) is 25.6 Å². The fourth-order valence-electron chi connectivity index (χ4n) is 2.72. The Labute approximate surface area is 164 Å². The second-order valence-corrected chi connectivity index (χ2v) is 7.65. The third kappa shape index (κ3) is 3.56. The molecule has 1 aromatic carbocycles. The standard InChI is InChI=1S/C19H18N6O2S/c1-11(2)16-22-19(24-23-16)21-15(26)9-25-10-20-17-13(18(25)27)8-14(28-17)12-6-4-3-5-7-12/h3-8,10-11H,9H2,1-2H3,(H2,21,22,23,24,26).